The second-order valence-electron chi connectivity index (χ2n) is 3.91. The van der Waals surface area contributed by atoms with E-state index in [-0.39, 0.29) is 6.10 Å². The number of hydrogen-bond acceptors (Lipinski definition) is 4. The standard InChI is InChI=1S/C11H18N2OS2/c1-2-5-13-9(3-4-12-13)11(14)10-8-15-6-7-16-10/h3-4,10-11,14H,2,5-8H2,1H3. The van der Waals surface area contributed by atoms with Crippen molar-refractivity contribution in [3.05, 3.63) is 18.0 Å². The number of aliphatic hydroxyl groups is 1. The van der Waals surface area contributed by atoms with Gasteiger partial charge in [0.05, 0.1) is 5.69 Å². The Morgan fingerprint density at radius 2 is 2.50 bits per heavy atom. The first-order chi connectivity index (χ1) is 7.83. The van der Waals surface area contributed by atoms with Crippen LogP contribution in [0.1, 0.15) is 25.1 Å². The van der Waals surface area contributed by atoms with Gasteiger partial charge >= 0.3 is 0 Å². The number of aliphatic hydroxyl groups excluding tert-OH is 1. The van der Waals surface area contributed by atoms with Crippen molar-refractivity contribution in [2.45, 2.75) is 31.2 Å². The number of aromatic nitrogens is 2. The Hall–Kier alpha value is -0.130. The molecular formula is C11H18N2OS2. The van der Waals surface area contributed by atoms with Gasteiger partial charge in [-0.25, -0.2) is 0 Å². The van der Waals surface area contributed by atoms with Gasteiger partial charge in [-0.15, -0.1) is 0 Å². The van der Waals surface area contributed by atoms with E-state index in [1.807, 2.05) is 34.3 Å². The molecule has 16 heavy (non-hydrogen) atoms. The molecule has 90 valence electrons. The van der Waals surface area contributed by atoms with E-state index >= 15 is 0 Å². The van der Waals surface area contributed by atoms with E-state index < -0.39 is 0 Å². The molecule has 1 fully saturated rings. The predicted octanol–water partition coefficient (Wildman–Crippen LogP) is 2.18. The largest absolute Gasteiger partial charge is 0.386 e. The fourth-order valence-corrected chi connectivity index (χ4v) is 4.61. The van der Waals surface area contributed by atoms with Crippen molar-refractivity contribution in [2.24, 2.45) is 0 Å². The van der Waals surface area contributed by atoms with Crippen LogP contribution < -0.4 is 0 Å². The minimum absolute atomic E-state index is 0.325. The van der Waals surface area contributed by atoms with Crippen molar-refractivity contribution in [1.29, 1.82) is 0 Å². The number of thioether (sulfide) groups is 2. The van der Waals surface area contributed by atoms with Crippen LogP contribution in [0.25, 0.3) is 0 Å². The van der Waals surface area contributed by atoms with E-state index in [2.05, 4.69) is 12.0 Å². The number of aryl methyl sites for hydroxylation is 1. The molecule has 1 aliphatic heterocycles. The fraction of sp³-hybridized carbons (Fsp3) is 0.727. The van der Waals surface area contributed by atoms with Gasteiger partial charge in [-0.3, -0.25) is 4.68 Å². The summed E-state index contributed by atoms with van der Waals surface area (Å²) in [5.74, 6) is 3.40. The van der Waals surface area contributed by atoms with Crippen LogP contribution in [-0.4, -0.2) is 37.4 Å². The van der Waals surface area contributed by atoms with Crippen LogP contribution in [-0.2, 0) is 6.54 Å². The summed E-state index contributed by atoms with van der Waals surface area (Å²) in [5, 5.41) is 14.9. The van der Waals surface area contributed by atoms with Gasteiger partial charge in [0.15, 0.2) is 0 Å². The van der Waals surface area contributed by atoms with Crippen LogP contribution >= 0.6 is 23.5 Å². The normalized spacial score (nSPS) is 23.2. The van der Waals surface area contributed by atoms with Gasteiger partial charge < -0.3 is 5.11 Å². The van der Waals surface area contributed by atoms with Crippen molar-refractivity contribution in [2.75, 3.05) is 17.3 Å². The SMILES string of the molecule is CCCn1nccc1C(O)C1CSCCS1. The molecule has 2 atom stereocenters. The van der Waals surface area contributed by atoms with Gasteiger partial charge in [0, 0.05) is 35.3 Å². The molecule has 2 unspecified atom stereocenters. The second kappa shape index (κ2) is 5.98. The summed E-state index contributed by atoms with van der Waals surface area (Å²) in [6, 6.07) is 1.94. The molecule has 3 nitrogen and oxygen atoms in total. The third kappa shape index (κ3) is 2.76. The van der Waals surface area contributed by atoms with Gasteiger partial charge in [0.1, 0.15) is 6.10 Å². The van der Waals surface area contributed by atoms with Crippen LogP contribution in [0.15, 0.2) is 12.3 Å². The molecule has 0 spiro atoms. The molecule has 0 saturated carbocycles. The Labute approximate surface area is 105 Å². The zero-order valence-corrected chi connectivity index (χ0v) is 11.1. The summed E-state index contributed by atoms with van der Waals surface area (Å²) in [6.45, 7) is 3.02. The molecule has 5 heteroatoms. The van der Waals surface area contributed by atoms with Crippen LogP contribution in [0.2, 0.25) is 0 Å². The van der Waals surface area contributed by atoms with Gasteiger partial charge in [0.25, 0.3) is 0 Å². The summed E-state index contributed by atoms with van der Waals surface area (Å²) in [6.07, 6.45) is 2.47. The van der Waals surface area contributed by atoms with E-state index in [0.717, 1.165) is 30.2 Å². The molecule has 1 N–H and O–H groups in total. The number of rotatable bonds is 4. The second-order valence-corrected chi connectivity index (χ2v) is 6.41. The highest BCUT2D eigenvalue weighted by molar-refractivity contribution is 8.06. The predicted molar refractivity (Wildman–Crippen MR) is 71.0 cm³/mol. The maximum absolute atomic E-state index is 10.3. The van der Waals surface area contributed by atoms with Crippen LogP contribution in [0.5, 0.6) is 0 Å². The molecule has 1 aromatic heterocycles. The van der Waals surface area contributed by atoms with Gasteiger partial charge in [-0.1, -0.05) is 6.92 Å². The number of nitrogens with zero attached hydrogens (tertiary/aromatic N) is 2. The first kappa shape index (κ1) is 12.3. The van der Waals surface area contributed by atoms with Gasteiger partial charge in [-0.05, 0) is 12.5 Å². The maximum Gasteiger partial charge on any atom is 0.108 e. The molecule has 0 radical (unpaired) electrons. The number of hydrogen-bond donors (Lipinski definition) is 1. The molecule has 2 heterocycles. The molecule has 0 bridgehead atoms. The zero-order valence-electron chi connectivity index (χ0n) is 9.50. The lowest BCUT2D eigenvalue weighted by molar-refractivity contribution is 0.168. The highest BCUT2D eigenvalue weighted by atomic mass is 32.2. The Morgan fingerprint density at radius 1 is 1.62 bits per heavy atom. The van der Waals surface area contributed by atoms with Crippen molar-refractivity contribution >= 4 is 23.5 Å². The molecule has 0 amide bonds. The summed E-state index contributed by atoms with van der Waals surface area (Å²) < 4.78 is 1.94. The Kier molecular flexibility index (Phi) is 4.61. The minimum atomic E-state index is -0.369. The Bertz CT molecular complexity index is 324. The smallest absolute Gasteiger partial charge is 0.108 e. The fourth-order valence-electron chi connectivity index (χ4n) is 1.87. The van der Waals surface area contributed by atoms with Crippen LogP contribution in [0.4, 0.5) is 0 Å². The minimum Gasteiger partial charge on any atom is -0.386 e. The maximum atomic E-state index is 10.3. The first-order valence-corrected chi connectivity index (χ1v) is 7.92. The third-order valence-electron chi connectivity index (χ3n) is 2.68. The molecule has 1 aromatic rings. The molecule has 1 aliphatic rings. The zero-order chi connectivity index (χ0) is 11.4. The molecule has 1 saturated heterocycles. The summed E-state index contributed by atoms with van der Waals surface area (Å²) in [7, 11) is 0. The van der Waals surface area contributed by atoms with Crippen LogP contribution in [0.3, 0.4) is 0 Å². The van der Waals surface area contributed by atoms with E-state index in [1.165, 1.54) is 5.75 Å². The average Bonchev–Trinajstić information content (AvgIpc) is 2.78. The van der Waals surface area contributed by atoms with Crippen molar-refractivity contribution in [3.63, 3.8) is 0 Å². The molecule has 0 aromatic carbocycles. The highest BCUT2D eigenvalue weighted by Gasteiger charge is 2.26. The van der Waals surface area contributed by atoms with E-state index in [0.29, 0.717) is 5.25 Å². The molecular weight excluding hydrogens is 240 g/mol. The summed E-state index contributed by atoms with van der Waals surface area (Å²) in [4.78, 5) is 0. The van der Waals surface area contributed by atoms with Crippen molar-refractivity contribution < 1.29 is 5.11 Å². The Balaban J connectivity index is 2.06. The lowest BCUT2D eigenvalue weighted by Gasteiger charge is -2.26. The van der Waals surface area contributed by atoms with Gasteiger partial charge in [-0.2, -0.15) is 28.6 Å². The summed E-state index contributed by atoms with van der Waals surface area (Å²) >= 11 is 3.82. The van der Waals surface area contributed by atoms with E-state index in [9.17, 15) is 5.11 Å². The highest BCUT2D eigenvalue weighted by Crippen LogP contribution is 2.33. The van der Waals surface area contributed by atoms with Gasteiger partial charge in [0.2, 0.25) is 0 Å². The third-order valence-corrected chi connectivity index (χ3v) is 5.53. The molecule has 2 rings (SSSR count). The first-order valence-electron chi connectivity index (χ1n) is 5.72. The van der Waals surface area contributed by atoms with Crippen molar-refractivity contribution in [3.8, 4) is 0 Å². The quantitative estimate of drug-likeness (QED) is 0.898. The van der Waals surface area contributed by atoms with E-state index in [4.69, 9.17) is 0 Å². The van der Waals surface area contributed by atoms with E-state index in [1.54, 1.807) is 6.20 Å². The lowest BCUT2D eigenvalue weighted by Crippen LogP contribution is -2.24. The monoisotopic (exact) mass is 258 g/mol. The topological polar surface area (TPSA) is 38.0 Å². The average molecular weight is 258 g/mol. The van der Waals surface area contributed by atoms with Crippen molar-refractivity contribution in [1.82, 2.24) is 9.78 Å². The van der Waals surface area contributed by atoms with Crippen LogP contribution in [0, 0.1) is 0 Å². The summed E-state index contributed by atoms with van der Waals surface area (Å²) in [5.41, 5.74) is 0.974. The molecule has 0 aliphatic carbocycles. The lowest BCUT2D eigenvalue weighted by atomic mass is 10.2. The Morgan fingerprint density at radius 3 is 3.19 bits per heavy atom.